The number of thiol groups is 1. The highest BCUT2D eigenvalue weighted by molar-refractivity contribution is 7.81. The molecule has 138 valence electrons. The Hall–Kier alpha value is -0.630. The topological polar surface area (TPSA) is 20.2 Å². The molecule has 0 bridgehead atoms. The lowest BCUT2D eigenvalue weighted by Gasteiger charge is -2.44. The summed E-state index contributed by atoms with van der Waals surface area (Å²) in [7, 11) is 0. The maximum atomic E-state index is 10.8. The Kier molecular flexibility index (Phi) is 5.88. The average Bonchev–Trinajstić information content (AvgIpc) is 2.33. The third-order valence-electron chi connectivity index (χ3n) is 4.89. The van der Waals surface area contributed by atoms with Gasteiger partial charge in [-0.2, -0.15) is 12.6 Å². The van der Waals surface area contributed by atoms with Gasteiger partial charge in [0.15, 0.2) is 0 Å². The summed E-state index contributed by atoms with van der Waals surface area (Å²) in [6.45, 7) is 22.5. The normalized spacial score (nSPS) is 15.5. The molecule has 0 heterocycles. The van der Waals surface area contributed by atoms with Gasteiger partial charge in [-0.15, -0.1) is 0 Å². The van der Waals surface area contributed by atoms with E-state index in [1.807, 2.05) is 12.1 Å². The molecule has 0 amide bonds. The van der Waals surface area contributed by atoms with Crippen molar-refractivity contribution in [3.8, 4) is 5.75 Å². The molecule has 1 aromatic carbocycles. The van der Waals surface area contributed by atoms with Gasteiger partial charge in [0.05, 0.1) is 0 Å². The molecule has 0 spiro atoms. The molecule has 0 aliphatic carbocycles. The van der Waals surface area contributed by atoms with Crippen molar-refractivity contribution in [2.45, 2.75) is 91.7 Å². The summed E-state index contributed by atoms with van der Waals surface area (Å²) < 4.78 is 0. The number of aromatic hydroxyl groups is 1. The lowest BCUT2D eigenvalue weighted by atomic mass is 9.64. The van der Waals surface area contributed by atoms with E-state index in [0.29, 0.717) is 5.75 Å². The SMILES string of the molecule is CC(C)(C)CC(C)(C)c1cccc(O)c1C(C)(C)C(S)C(C)(C)C. The van der Waals surface area contributed by atoms with Crippen LogP contribution in [0.4, 0.5) is 0 Å². The molecular weight excluding hydrogens is 312 g/mol. The minimum Gasteiger partial charge on any atom is -0.508 e. The lowest BCUT2D eigenvalue weighted by Crippen LogP contribution is -2.41. The Labute approximate surface area is 155 Å². The quantitative estimate of drug-likeness (QED) is 0.577. The van der Waals surface area contributed by atoms with Crippen molar-refractivity contribution in [1.29, 1.82) is 0 Å². The Balaban J connectivity index is 3.56. The third kappa shape index (κ3) is 4.71. The first-order valence-electron chi connectivity index (χ1n) is 9.01. The minimum atomic E-state index is -0.239. The second-order valence-corrected chi connectivity index (χ2v) is 11.3. The van der Waals surface area contributed by atoms with Gasteiger partial charge in [0.1, 0.15) is 5.75 Å². The molecule has 0 aliphatic rings. The summed E-state index contributed by atoms with van der Waals surface area (Å²) in [5, 5.41) is 10.9. The van der Waals surface area contributed by atoms with Crippen LogP contribution in [-0.2, 0) is 10.8 Å². The van der Waals surface area contributed by atoms with Crippen molar-refractivity contribution in [1.82, 2.24) is 0 Å². The molecule has 1 aromatic rings. The van der Waals surface area contributed by atoms with Gasteiger partial charge in [0.2, 0.25) is 0 Å². The monoisotopic (exact) mass is 350 g/mol. The van der Waals surface area contributed by atoms with Crippen molar-refractivity contribution >= 4 is 12.6 Å². The number of rotatable bonds is 4. The fourth-order valence-electron chi connectivity index (χ4n) is 4.42. The summed E-state index contributed by atoms with van der Waals surface area (Å²) in [4.78, 5) is 0. The van der Waals surface area contributed by atoms with Gasteiger partial charge >= 0.3 is 0 Å². The molecule has 1 unspecified atom stereocenters. The smallest absolute Gasteiger partial charge is 0.119 e. The molecule has 1 nitrogen and oxygen atoms in total. The lowest BCUT2D eigenvalue weighted by molar-refractivity contribution is 0.267. The van der Waals surface area contributed by atoms with Crippen molar-refractivity contribution in [3.05, 3.63) is 29.3 Å². The maximum absolute atomic E-state index is 10.8. The molecule has 1 atom stereocenters. The van der Waals surface area contributed by atoms with Gasteiger partial charge in [0.25, 0.3) is 0 Å². The summed E-state index contributed by atoms with van der Waals surface area (Å²) in [5.74, 6) is 0.391. The Morgan fingerprint density at radius 2 is 1.42 bits per heavy atom. The number of phenolic OH excluding ortho intramolecular Hbond substituents is 1. The molecule has 1 N–H and O–H groups in total. The van der Waals surface area contributed by atoms with Crippen molar-refractivity contribution in [3.63, 3.8) is 0 Å². The largest absolute Gasteiger partial charge is 0.508 e. The van der Waals surface area contributed by atoms with Crippen LogP contribution in [0.5, 0.6) is 5.75 Å². The van der Waals surface area contributed by atoms with Crippen LogP contribution in [0, 0.1) is 10.8 Å². The van der Waals surface area contributed by atoms with Crippen LogP contribution in [0.3, 0.4) is 0 Å². The van der Waals surface area contributed by atoms with Crippen molar-refractivity contribution in [2.75, 3.05) is 0 Å². The highest BCUT2D eigenvalue weighted by Gasteiger charge is 2.42. The van der Waals surface area contributed by atoms with Crippen LogP contribution < -0.4 is 0 Å². The first-order chi connectivity index (χ1) is 10.5. The summed E-state index contributed by atoms with van der Waals surface area (Å²) in [6, 6.07) is 5.97. The number of hydrogen-bond donors (Lipinski definition) is 2. The number of phenols is 1. The van der Waals surface area contributed by atoms with E-state index < -0.39 is 0 Å². The van der Waals surface area contributed by atoms with E-state index >= 15 is 0 Å². The second kappa shape index (κ2) is 6.59. The van der Waals surface area contributed by atoms with E-state index in [0.717, 1.165) is 12.0 Å². The predicted octanol–water partition coefficient (Wildman–Crippen LogP) is 6.73. The van der Waals surface area contributed by atoms with E-state index in [-0.39, 0.29) is 26.9 Å². The molecule has 0 saturated carbocycles. The second-order valence-electron chi connectivity index (χ2n) is 10.8. The Bertz CT molecular complexity index is 571. The molecule has 24 heavy (non-hydrogen) atoms. The van der Waals surface area contributed by atoms with Crippen molar-refractivity contribution in [2.24, 2.45) is 10.8 Å². The van der Waals surface area contributed by atoms with Gasteiger partial charge in [-0.25, -0.2) is 0 Å². The molecule has 0 saturated heterocycles. The molecule has 0 radical (unpaired) electrons. The molecule has 0 aliphatic heterocycles. The molecule has 0 fully saturated rings. The van der Waals surface area contributed by atoms with Crippen molar-refractivity contribution < 1.29 is 5.11 Å². The zero-order chi connectivity index (χ0) is 19.1. The van der Waals surface area contributed by atoms with E-state index in [9.17, 15) is 5.11 Å². The van der Waals surface area contributed by atoms with E-state index in [1.165, 1.54) is 5.56 Å². The molecular formula is C22H38OS. The minimum absolute atomic E-state index is 0.0189. The predicted molar refractivity (Wildman–Crippen MR) is 110 cm³/mol. The highest BCUT2D eigenvalue weighted by atomic mass is 32.1. The van der Waals surface area contributed by atoms with Crippen LogP contribution in [0.15, 0.2) is 18.2 Å². The Morgan fingerprint density at radius 3 is 1.83 bits per heavy atom. The van der Waals surface area contributed by atoms with Gasteiger partial charge in [-0.3, -0.25) is 0 Å². The fraction of sp³-hybridized carbons (Fsp3) is 0.727. The highest BCUT2D eigenvalue weighted by Crippen LogP contribution is 2.48. The number of benzene rings is 1. The van der Waals surface area contributed by atoms with Gasteiger partial charge in [0, 0.05) is 16.2 Å². The zero-order valence-electron chi connectivity index (χ0n) is 17.4. The van der Waals surface area contributed by atoms with Crippen LogP contribution in [0.1, 0.15) is 86.8 Å². The molecule has 2 heteroatoms. The van der Waals surface area contributed by atoms with Gasteiger partial charge < -0.3 is 5.11 Å². The standard InChI is InChI=1S/C22H38OS/c1-19(2,3)14-21(7,8)15-12-11-13-16(23)17(15)22(9,10)18(24)20(4,5)6/h11-13,18,23-24H,14H2,1-10H3. The Morgan fingerprint density at radius 1 is 0.917 bits per heavy atom. The van der Waals surface area contributed by atoms with E-state index in [4.69, 9.17) is 12.6 Å². The fourth-order valence-corrected chi connectivity index (χ4v) is 4.55. The van der Waals surface area contributed by atoms with Gasteiger partial charge in [-0.1, -0.05) is 81.4 Å². The van der Waals surface area contributed by atoms with Crippen LogP contribution in [0.2, 0.25) is 0 Å². The zero-order valence-corrected chi connectivity index (χ0v) is 18.3. The molecule has 0 aromatic heterocycles. The summed E-state index contributed by atoms with van der Waals surface area (Å²) in [5.41, 5.74) is 2.30. The maximum Gasteiger partial charge on any atom is 0.119 e. The first-order valence-corrected chi connectivity index (χ1v) is 9.53. The van der Waals surface area contributed by atoms with E-state index in [2.05, 4.69) is 75.3 Å². The van der Waals surface area contributed by atoms with Gasteiger partial charge in [-0.05, 0) is 34.3 Å². The average molecular weight is 351 g/mol. The van der Waals surface area contributed by atoms with Crippen LogP contribution in [-0.4, -0.2) is 10.4 Å². The van der Waals surface area contributed by atoms with Crippen LogP contribution >= 0.6 is 12.6 Å². The third-order valence-corrected chi connectivity index (χ3v) is 6.31. The summed E-state index contributed by atoms with van der Waals surface area (Å²) >= 11 is 4.97. The van der Waals surface area contributed by atoms with Crippen LogP contribution in [0.25, 0.3) is 0 Å². The van der Waals surface area contributed by atoms with E-state index in [1.54, 1.807) is 0 Å². The first kappa shape index (κ1) is 21.4. The summed E-state index contributed by atoms with van der Waals surface area (Å²) in [6.07, 6.45) is 1.05. The molecule has 1 rings (SSSR count). The number of hydrogen-bond acceptors (Lipinski definition) is 2.